The molecule has 1 aliphatic heterocycles. The molecular formula is C20H15F2N3O. The Labute approximate surface area is 149 Å². The van der Waals surface area contributed by atoms with Crippen LogP contribution in [0.5, 0.6) is 0 Å². The molecular weight excluding hydrogens is 336 g/mol. The molecule has 1 N–H and O–H groups in total. The van der Waals surface area contributed by atoms with E-state index in [2.05, 4.69) is 10.3 Å². The highest BCUT2D eigenvalue weighted by Crippen LogP contribution is 2.29. The topological polar surface area (TPSA) is 45.2 Å². The van der Waals surface area contributed by atoms with Crippen LogP contribution in [0.15, 0.2) is 60.8 Å². The molecule has 6 heteroatoms. The second-order valence-electron chi connectivity index (χ2n) is 6.02. The predicted molar refractivity (Wildman–Crippen MR) is 95.7 cm³/mol. The van der Waals surface area contributed by atoms with E-state index in [9.17, 15) is 13.6 Å². The second kappa shape index (κ2) is 6.55. The van der Waals surface area contributed by atoms with E-state index >= 15 is 0 Å². The first-order valence-electron chi connectivity index (χ1n) is 8.20. The first kappa shape index (κ1) is 16.2. The highest BCUT2D eigenvalue weighted by molar-refractivity contribution is 6.07. The third kappa shape index (κ3) is 3.01. The monoisotopic (exact) mass is 351 g/mol. The number of nitrogens with zero attached hydrogens (tertiary/aromatic N) is 2. The molecule has 4 rings (SSSR count). The Morgan fingerprint density at radius 3 is 2.65 bits per heavy atom. The fourth-order valence-corrected chi connectivity index (χ4v) is 3.02. The number of para-hydroxylation sites is 1. The molecule has 0 fully saturated rings. The molecule has 0 atom stereocenters. The number of halogens is 2. The lowest BCUT2D eigenvalue weighted by atomic mass is 10.2. The lowest BCUT2D eigenvalue weighted by molar-refractivity contribution is 0.0989. The first-order chi connectivity index (χ1) is 12.6. The minimum atomic E-state index is -0.936. The van der Waals surface area contributed by atoms with Crippen LogP contribution in [-0.2, 0) is 6.42 Å². The van der Waals surface area contributed by atoms with E-state index < -0.39 is 11.6 Å². The van der Waals surface area contributed by atoms with Gasteiger partial charge in [-0.2, -0.15) is 0 Å². The second-order valence-corrected chi connectivity index (χ2v) is 6.02. The van der Waals surface area contributed by atoms with E-state index in [0.29, 0.717) is 23.6 Å². The Morgan fingerprint density at radius 1 is 1.04 bits per heavy atom. The van der Waals surface area contributed by atoms with Crippen molar-refractivity contribution in [1.29, 1.82) is 0 Å². The molecule has 1 aromatic heterocycles. The standard InChI is InChI=1S/C20H15F2N3O/c21-16-7-6-15(11-17(16)22)24-19-8-5-14(12-23-19)20(26)25-10-9-13-3-1-2-4-18(13)25/h1-8,11-12H,9-10H2,(H,23,24). The third-order valence-electron chi connectivity index (χ3n) is 4.33. The SMILES string of the molecule is O=C(c1ccc(Nc2ccc(F)c(F)c2)nc1)N1CCc2ccccc21. The van der Waals surface area contributed by atoms with Crippen LogP contribution < -0.4 is 10.2 Å². The summed E-state index contributed by atoms with van der Waals surface area (Å²) in [6, 6.07) is 14.7. The van der Waals surface area contributed by atoms with E-state index in [4.69, 9.17) is 0 Å². The molecule has 26 heavy (non-hydrogen) atoms. The van der Waals surface area contributed by atoms with E-state index in [0.717, 1.165) is 29.8 Å². The number of benzene rings is 2. The molecule has 1 amide bonds. The van der Waals surface area contributed by atoms with E-state index in [1.807, 2.05) is 24.3 Å². The normalized spacial score (nSPS) is 12.8. The number of pyridine rings is 1. The Bertz CT molecular complexity index is 973. The smallest absolute Gasteiger partial charge is 0.259 e. The van der Waals surface area contributed by atoms with Gasteiger partial charge in [0.1, 0.15) is 5.82 Å². The van der Waals surface area contributed by atoms with Gasteiger partial charge in [0.2, 0.25) is 0 Å². The number of aromatic nitrogens is 1. The number of nitrogens with one attached hydrogen (secondary N) is 1. The number of carbonyl (C=O) groups excluding carboxylic acids is 1. The zero-order valence-corrected chi connectivity index (χ0v) is 13.7. The highest BCUT2D eigenvalue weighted by atomic mass is 19.2. The number of amides is 1. The number of fused-ring (bicyclic) bond motifs is 1. The van der Waals surface area contributed by atoms with Gasteiger partial charge in [0, 0.05) is 30.2 Å². The molecule has 0 saturated carbocycles. The van der Waals surface area contributed by atoms with Gasteiger partial charge >= 0.3 is 0 Å². The third-order valence-corrected chi connectivity index (χ3v) is 4.33. The van der Waals surface area contributed by atoms with Crippen molar-refractivity contribution in [1.82, 2.24) is 4.98 Å². The van der Waals surface area contributed by atoms with Gasteiger partial charge in [0.05, 0.1) is 5.56 Å². The molecule has 0 unspecified atom stereocenters. The molecule has 3 aromatic rings. The first-order valence-corrected chi connectivity index (χ1v) is 8.20. The van der Waals surface area contributed by atoms with Crippen LogP contribution in [0, 0.1) is 11.6 Å². The highest BCUT2D eigenvalue weighted by Gasteiger charge is 2.25. The summed E-state index contributed by atoms with van der Waals surface area (Å²) in [6.45, 7) is 0.646. The van der Waals surface area contributed by atoms with Crippen LogP contribution in [0.25, 0.3) is 0 Å². The van der Waals surface area contributed by atoms with Crippen molar-refractivity contribution in [2.45, 2.75) is 6.42 Å². The average Bonchev–Trinajstić information content (AvgIpc) is 3.09. The number of rotatable bonds is 3. The van der Waals surface area contributed by atoms with Gasteiger partial charge in [-0.3, -0.25) is 4.79 Å². The fraction of sp³-hybridized carbons (Fsp3) is 0.100. The Kier molecular flexibility index (Phi) is 4.08. The van der Waals surface area contributed by atoms with Crippen molar-refractivity contribution in [2.24, 2.45) is 0 Å². The van der Waals surface area contributed by atoms with Crippen molar-refractivity contribution in [2.75, 3.05) is 16.8 Å². The van der Waals surface area contributed by atoms with Crippen molar-refractivity contribution in [3.8, 4) is 0 Å². The molecule has 0 aliphatic carbocycles. The van der Waals surface area contributed by atoms with Crippen molar-refractivity contribution in [3.05, 3.63) is 83.6 Å². The molecule has 0 spiro atoms. The Balaban J connectivity index is 1.51. The van der Waals surface area contributed by atoms with Crippen molar-refractivity contribution < 1.29 is 13.6 Å². The molecule has 2 heterocycles. The molecule has 1 aliphatic rings. The Morgan fingerprint density at radius 2 is 1.88 bits per heavy atom. The summed E-state index contributed by atoms with van der Waals surface area (Å²) in [5.74, 6) is -1.51. The van der Waals surface area contributed by atoms with Gasteiger partial charge in [-0.05, 0) is 42.3 Å². The largest absolute Gasteiger partial charge is 0.340 e. The maximum atomic E-state index is 13.3. The van der Waals surface area contributed by atoms with Crippen LogP contribution in [-0.4, -0.2) is 17.4 Å². The summed E-state index contributed by atoms with van der Waals surface area (Å²) in [6.07, 6.45) is 2.32. The van der Waals surface area contributed by atoms with Crippen LogP contribution in [0.2, 0.25) is 0 Å². The lowest BCUT2D eigenvalue weighted by Gasteiger charge is -2.17. The minimum absolute atomic E-state index is 0.109. The van der Waals surface area contributed by atoms with Crippen LogP contribution in [0.3, 0.4) is 0 Å². The summed E-state index contributed by atoms with van der Waals surface area (Å²) >= 11 is 0. The molecule has 4 nitrogen and oxygen atoms in total. The zero-order chi connectivity index (χ0) is 18.1. The van der Waals surface area contributed by atoms with Gasteiger partial charge in [0.15, 0.2) is 11.6 Å². The molecule has 0 radical (unpaired) electrons. The van der Waals surface area contributed by atoms with Gasteiger partial charge < -0.3 is 10.2 Å². The number of anilines is 3. The van der Waals surface area contributed by atoms with Gasteiger partial charge in [0.25, 0.3) is 5.91 Å². The Hall–Kier alpha value is -3.28. The summed E-state index contributed by atoms with van der Waals surface area (Å²) in [4.78, 5) is 18.7. The molecule has 0 bridgehead atoms. The quantitative estimate of drug-likeness (QED) is 0.765. The zero-order valence-electron chi connectivity index (χ0n) is 13.7. The number of carbonyl (C=O) groups is 1. The van der Waals surface area contributed by atoms with Gasteiger partial charge in [-0.15, -0.1) is 0 Å². The van der Waals surface area contributed by atoms with E-state index in [1.54, 1.807) is 17.0 Å². The molecule has 2 aromatic carbocycles. The van der Waals surface area contributed by atoms with E-state index in [-0.39, 0.29) is 5.91 Å². The summed E-state index contributed by atoms with van der Waals surface area (Å²) in [5, 5.41) is 2.88. The van der Waals surface area contributed by atoms with Crippen molar-refractivity contribution in [3.63, 3.8) is 0 Å². The van der Waals surface area contributed by atoms with Gasteiger partial charge in [-0.1, -0.05) is 18.2 Å². The van der Waals surface area contributed by atoms with Crippen LogP contribution in [0.1, 0.15) is 15.9 Å². The number of hydrogen-bond donors (Lipinski definition) is 1. The van der Waals surface area contributed by atoms with Crippen molar-refractivity contribution >= 4 is 23.1 Å². The van der Waals surface area contributed by atoms with E-state index in [1.165, 1.54) is 12.3 Å². The average molecular weight is 351 g/mol. The summed E-state index contributed by atoms with van der Waals surface area (Å²) in [7, 11) is 0. The van der Waals surface area contributed by atoms with Crippen LogP contribution >= 0.6 is 0 Å². The predicted octanol–water partition coefficient (Wildman–Crippen LogP) is 4.31. The van der Waals surface area contributed by atoms with Gasteiger partial charge in [-0.25, -0.2) is 13.8 Å². The maximum Gasteiger partial charge on any atom is 0.259 e. The molecule has 130 valence electrons. The molecule has 0 saturated heterocycles. The van der Waals surface area contributed by atoms with Crippen LogP contribution in [0.4, 0.5) is 26.0 Å². The maximum absolute atomic E-state index is 13.3. The minimum Gasteiger partial charge on any atom is -0.340 e. The summed E-state index contributed by atoms with van der Waals surface area (Å²) < 4.78 is 26.2. The fourth-order valence-electron chi connectivity index (χ4n) is 3.02. The summed E-state index contributed by atoms with van der Waals surface area (Å²) in [5.41, 5.74) is 2.94. The number of hydrogen-bond acceptors (Lipinski definition) is 3. The lowest BCUT2D eigenvalue weighted by Crippen LogP contribution is -2.28.